The van der Waals surface area contributed by atoms with Gasteiger partial charge in [0.1, 0.15) is 0 Å². The summed E-state index contributed by atoms with van der Waals surface area (Å²) in [5.41, 5.74) is 5.16. The highest BCUT2D eigenvalue weighted by molar-refractivity contribution is 7.89. The van der Waals surface area contributed by atoms with Crippen molar-refractivity contribution < 1.29 is 13.2 Å². The fourth-order valence-corrected chi connectivity index (χ4v) is 2.36. The van der Waals surface area contributed by atoms with E-state index in [-0.39, 0.29) is 18.4 Å². The van der Waals surface area contributed by atoms with Gasteiger partial charge in [0.2, 0.25) is 10.0 Å². The Bertz CT molecular complexity index is 247. The van der Waals surface area contributed by atoms with Crippen LogP contribution in [0.4, 0.5) is 0 Å². The zero-order valence-corrected chi connectivity index (χ0v) is 9.05. The SMILES string of the molecule is NCCS(=O)(=O)NCCC1CCCO1. The molecule has 0 aromatic carbocycles. The lowest BCUT2D eigenvalue weighted by molar-refractivity contribution is 0.105. The molecule has 0 bridgehead atoms. The van der Waals surface area contributed by atoms with Gasteiger partial charge in [0.15, 0.2) is 0 Å². The minimum absolute atomic E-state index is 0.00146. The van der Waals surface area contributed by atoms with E-state index >= 15 is 0 Å². The molecule has 1 aliphatic rings. The van der Waals surface area contributed by atoms with Crippen molar-refractivity contribution in [3.63, 3.8) is 0 Å². The zero-order valence-electron chi connectivity index (χ0n) is 8.24. The molecule has 1 aliphatic heterocycles. The first-order valence-corrected chi connectivity index (χ1v) is 6.58. The fraction of sp³-hybridized carbons (Fsp3) is 1.00. The maximum Gasteiger partial charge on any atom is 0.212 e. The Kier molecular flexibility index (Phi) is 4.80. The smallest absolute Gasteiger partial charge is 0.212 e. The standard InChI is InChI=1S/C8H18N2O3S/c9-4-7-14(11,12)10-5-3-8-2-1-6-13-8/h8,10H,1-7,9H2. The van der Waals surface area contributed by atoms with E-state index in [1.165, 1.54) is 0 Å². The second-order valence-corrected chi connectivity index (χ2v) is 5.35. The third-order valence-electron chi connectivity index (χ3n) is 2.20. The molecule has 0 amide bonds. The molecule has 0 radical (unpaired) electrons. The average molecular weight is 222 g/mol. The first kappa shape index (κ1) is 11.9. The van der Waals surface area contributed by atoms with Gasteiger partial charge in [-0.3, -0.25) is 0 Å². The second-order valence-electron chi connectivity index (χ2n) is 3.43. The fourth-order valence-electron chi connectivity index (χ4n) is 1.47. The van der Waals surface area contributed by atoms with Crippen LogP contribution in [0.25, 0.3) is 0 Å². The summed E-state index contributed by atoms with van der Waals surface area (Å²) >= 11 is 0. The van der Waals surface area contributed by atoms with Gasteiger partial charge >= 0.3 is 0 Å². The normalized spacial score (nSPS) is 22.8. The van der Waals surface area contributed by atoms with E-state index in [9.17, 15) is 8.42 Å². The molecule has 1 atom stereocenters. The summed E-state index contributed by atoms with van der Waals surface area (Å²) in [7, 11) is -3.15. The lowest BCUT2D eigenvalue weighted by Crippen LogP contribution is -2.31. The Morgan fingerprint density at radius 3 is 2.86 bits per heavy atom. The van der Waals surface area contributed by atoms with Crippen LogP contribution in [0.2, 0.25) is 0 Å². The first-order valence-electron chi connectivity index (χ1n) is 4.93. The van der Waals surface area contributed by atoms with E-state index in [1.54, 1.807) is 0 Å². The number of ether oxygens (including phenoxy) is 1. The highest BCUT2D eigenvalue weighted by Gasteiger charge is 2.16. The van der Waals surface area contributed by atoms with Crippen molar-refractivity contribution in [2.24, 2.45) is 5.73 Å². The van der Waals surface area contributed by atoms with Crippen LogP contribution < -0.4 is 10.5 Å². The third kappa shape index (κ3) is 4.36. The molecule has 3 N–H and O–H groups in total. The van der Waals surface area contributed by atoms with Gasteiger partial charge in [-0.15, -0.1) is 0 Å². The van der Waals surface area contributed by atoms with E-state index in [1.807, 2.05) is 0 Å². The van der Waals surface area contributed by atoms with E-state index < -0.39 is 10.0 Å². The number of hydrogen-bond acceptors (Lipinski definition) is 4. The van der Waals surface area contributed by atoms with Crippen molar-refractivity contribution in [3.8, 4) is 0 Å². The molecule has 14 heavy (non-hydrogen) atoms. The molecule has 1 heterocycles. The van der Waals surface area contributed by atoms with E-state index in [0.717, 1.165) is 25.9 Å². The summed E-state index contributed by atoms with van der Waals surface area (Å²) in [6.07, 6.45) is 3.11. The quantitative estimate of drug-likeness (QED) is 0.631. The molecule has 1 saturated heterocycles. The monoisotopic (exact) mass is 222 g/mol. The summed E-state index contributed by atoms with van der Waals surface area (Å²) in [6, 6.07) is 0. The van der Waals surface area contributed by atoms with Crippen LogP contribution in [0, 0.1) is 0 Å². The average Bonchev–Trinajstić information content (AvgIpc) is 2.56. The second kappa shape index (κ2) is 5.65. The van der Waals surface area contributed by atoms with Gasteiger partial charge in [0, 0.05) is 19.7 Å². The van der Waals surface area contributed by atoms with Crippen LogP contribution in [0.3, 0.4) is 0 Å². The van der Waals surface area contributed by atoms with Gasteiger partial charge < -0.3 is 10.5 Å². The number of rotatable bonds is 6. The van der Waals surface area contributed by atoms with Crippen molar-refractivity contribution in [3.05, 3.63) is 0 Å². The summed E-state index contributed by atoms with van der Waals surface area (Å²) in [4.78, 5) is 0. The predicted octanol–water partition coefficient (Wildman–Crippen LogP) is -0.566. The molecule has 84 valence electrons. The minimum atomic E-state index is -3.15. The van der Waals surface area contributed by atoms with Crippen LogP contribution in [0.1, 0.15) is 19.3 Å². The summed E-state index contributed by atoms with van der Waals surface area (Å²) < 4.78 is 30.2. The molecule has 1 unspecified atom stereocenters. The van der Waals surface area contributed by atoms with Crippen molar-refractivity contribution in [2.45, 2.75) is 25.4 Å². The van der Waals surface area contributed by atoms with E-state index in [0.29, 0.717) is 6.54 Å². The lowest BCUT2D eigenvalue weighted by Gasteiger charge is -2.09. The largest absolute Gasteiger partial charge is 0.378 e. The minimum Gasteiger partial charge on any atom is -0.378 e. The van der Waals surface area contributed by atoms with Gasteiger partial charge in [-0.25, -0.2) is 13.1 Å². The van der Waals surface area contributed by atoms with Gasteiger partial charge in [-0.2, -0.15) is 0 Å². The Labute approximate surface area is 85.1 Å². The van der Waals surface area contributed by atoms with Crippen LogP contribution in [0.15, 0.2) is 0 Å². The van der Waals surface area contributed by atoms with Crippen LogP contribution in [0.5, 0.6) is 0 Å². The summed E-state index contributed by atoms with van der Waals surface area (Å²) in [5, 5.41) is 0. The van der Waals surface area contributed by atoms with E-state index in [2.05, 4.69) is 4.72 Å². The molecule has 6 heteroatoms. The van der Waals surface area contributed by atoms with Gasteiger partial charge in [0.25, 0.3) is 0 Å². The molecule has 0 aliphatic carbocycles. The molecule has 5 nitrogen and oxygen atoms in total. The molecular formula is C8H18N2O3S. The summed E-state index contributed by atoms with van der Waals surface area (Å²) in [5.74, 6) is -0.00146. The molecule has 1 rings (SSSR count). The zero-order chi connectivity index (χ0) is 10.4. The van der Waals surface area contributed by atoms with Gasteiger partial charge in [-0.1, -0.05) is 0 Å². The van der Waals surface area contributed by atoms with Gasteiger partial charge in [-0.05, 0) is 19.3 Å². The Hall–Kier alpha value is -0.170. The maximum atomic E-state index is 11.2. The van der Waals surface area contributed by atoms with Gasteiger partial charge in [0.05, 0.1) is 11.9 Å². The summed E-state index contributed by atoms with van der Waals surface area (Å²) in [6.45, 7) is 1.42. The third-order valence-corrected chi connectivity index (χ3v) is 3.62. The van der Waals surface area contributed by atoms with Crippen LogP contribution >= 0.6 is 0 Å². The Morgan fingerprint density at radius 1 is 1.50 bits per heavy atom. The number of sulfonamides is 1. The number of nitrogens with two attached hydrogens (primary N) is 1. The van der Waals surface area contributed by atoms with Crippen molar-refractivity contribution in [1.82, 2.24) is 4.72 Å². The molecule has 0 aromatic rings. The molecular weight excluding hydrogens is 204 g/mol. The van der Waals surface area contributed by atoms with Crippen molar-refractivity contribution in [2.75, 3.05) is 25.4 Å². The Morgan fingerprint density at radius 2 is 2.29 bits per heavy atom. The number of nitrogens with one attached hydrogen (secondary N) is 1. The molecule has 0 saturated carbocycles. The topological polar surface area (TPSA) is 81.4 Å². The van der Waals surface area contributed by atoms with E-state index in [4.69, 9.17) is 10.5 Å². The van der Waals surface area contributed by atoms with Crippen molar-refractivity contribution >= 4 is 10.0 Å². The first-order chi connectivity index (χ1) is 6.64. The predicted molar refractivity (Wildman–Crippen MR) is 54.4 cm³/mol. The van der Waals surface area contributed by atoms with Crippen LogP contribution in [-0.4, -0.2) is 40.0 Å². The number of hydrogen-bond donors (Lipinski definition) is 2. The molecule has 1 fully saturated rings. The maximum absolute atomic E-state index is 11.2. The highest BCUT2D eigenvalue weighted by Crippen LogP contribution is 2.14. The van der Waals surface area contributed by atoms with Crippen molar-refractivity contribution in [1.29, 1.82) is 0 Å². The lowest BCUT2D eigenvalue weighted by atomic mass is 10.2. The Balaban J connectivity index is 2.13. The molecule has 0 spiro atoms. The highest BCUT2D eigenvalue weighted by atomic mass is 32.2. The van der Waals surface area contributed by atoms with Crippen LogP contribution in [-0.2, 0) is 14.8 Å². The molecule has 0 aromatic heterocycles.